The number of hydrogen-bond acceptors (Lipinski definition) is 5. The van der Waals surface area contributed by atoms with Crippen LogP contribution in [0.15, 0.2) is 0 Å². The number of ether oxygens (including phenoxy) is 1. The van der Waals surface area contributed by atoms with E-state index >= 15 is 0 Å². The molecule has 122 valence electrons. The van der Waals surface area contributed by atoms with Gasteiger partial charge in [-0.2, -0.15) is 13.2 Å². The van der Waals surface area contributed by atoms with Gasteiger partial charge in [-0.05, 0) is 25.4 Å². The molecule has 4 nitrogen and oxygen atoms in total. The summed E-state index contributed by atoms with van der Waals surface area (Å²) in [5.74, 6) is 0.634. The molecular weight excluding hydrogens is 303 g/mol. The lowest BCUT2D eigenvalue weighted by Gasteiger charge is -2.06. The first-order valence-corrected chi connectivity index (χ1v) is 7.85. The molecule has 1 aromatic rings. The second-order valence-corrected chi connectivity index (χ2v) is 6.36. The van der Waals surface area contributed by atoms with Gasteiger partial charge in [-0.3, -0.25) is 0 Å². The minimum absolute atomic E-state index is 0.0179. The predicted molar refractivity (Wildman–Crippen MR) is 76.5 cm³/mol. The molecule has 0 aromatic carbocycles. The van der Waals surface area contributed by atoms with Gasteiger partial charge in [0.2, 0.25) is 0 Å². The number of aromatic nitrogens is 2. The first-order chi connectivity index (χ1) is 9.87. The SMILES string of the molecule is CC(C)CNCCCc1nnc(CCOCC(F)(F)F)s1. The first kappa shape index (κ1) is 18.3. The maximum absolute atomic E-state index is 11.9. The number of rotatable bonds is 10. The molecule has 0 aliphatic carbocycles. The molecule has 0 fully saturated rings. The van der Waals surface area contributed by atoms with Gasteiger partial charge in [-0.15, -0.1) is 21.5 Å². The molecule has 0 aliphatic heterocycles. The largest absolute Gasteiger partial charge is 0.411 e. The van der Waals surface area contributed by atoms with E-state index in [0.29, 0.717) is 12.3 Å². The van der Waals surface area contributed by atoms with Crippen molar-refractivity contribution in [1.82, 2.24) is 15.5 Å². The van der Waals surface area contributed by atoms with Crippen LogP contribution in [0, 0.1) is 5.92 Å². The average molecular weight is 325 g/mol. The summed E-state index contributed by atoms with van der Waals surface area (Å²) in [5.41, 5.74) is 0. The fourth-order valence-corrected chi connectivity index (χ4v) is 2.46. The van der Waals surface area contributed by atoms with E-state index in [1.807, 2.05) is 0 Å². The average Bonchev–Trinajstić information content (AvgIpc) is 2.81. The maximum Gasteiger partial charge on any atom is 0.411 e. The summed E-state index contributed by atoms with van der Waals surface area (Å²) in [6, 6.07) is 0. The van der Waals surface area contributed by atoms with Crippen LogP contribution in [0.3, 0.4) is 0 Å². The zero-order valence-corrected chi connectivity index (χ0v) is 13.2. The van der Waals surface area contributed by atoms with E-state index in [9.17, 15) is 13.2 Å². The monoisotopic (exact) mass is 325 g/mol. The van der Waals surface area contributed by atoms with Crippen molar-refractivity contribution < 1.29 is 17.9 Å². The number of halogens is 3. The van der Waals surface area contributed by atoms with Gasteiger partial charge in [0.05, 0.1) is 6.61 Å². The predicted octanol–water partition coefficient (Wildman–Crippen LogP) is 2.84. The molecule has 0 saturated carbocycles. The summed E-state index contributed by atoms with van der Waals surface area (Å²) in [7, 11) is 0. The van der Waals surface area contributed by atoms with Crippen molar-refractivity contribution in [2.75, 3.05) is 26.3 Å². The fraction of sp³-hybridized carbons (Fsp3) is 0.846. The van der Waals surface area contributed by atoms with Crippen LogP contribution in [0.4, 0.5) is 13.2 Å². The van der Waals surface area contributed by atoms with E-state index in [1.54, 1.807) is 0 Å². The van der Waals surface area contributed by atoms with Gasteiger partial charge in [0, 0.05) is 12.8 Å². The molecule has 0 aliphatic rings. The molecule has 0 amide bonds. The molecular formula is C13H22F3N3OS. The van der Waals surface area contributed by atoms with Gasteiger partial charge in [0.25, 0.3) is 0 Å². The van der Waals surface area contributed by atoms with E-state index in [2.05, 4.69) is 34.1 Å². The quantitative estimate of drug-likeness (QED) is 0.672. The lowest BCUT2D eigenvalue weighted by molar-refractivity contribution is -0.173. The lowest BCUT2D eigenvalue weighted by Crippen LogP contribution is -2.21. The molecule has 0 atom stereocenters. The van der Waals surface area contributed by atoms with Crippen LogP contribution in [-0.4, -0.2) is 42.7 Å². The molecule has 0 unspecified atom stereocenters. The molecule has 21 heavy (non-hydrogen) atoms. The zero-order valence-electron chi connectivity index (χ0n) is 12.4. The Kier molecular flexibility index (Phi) is 8.13. The standard InChI is InChI=1S/C13H22F3N3OS/c1-10(2)8-17-6-3-4-11-18-19-12(21-11)5-7-20-9-13(14,15)16/h10,17H,3-9H2,1-2H3. The molecule has 1 aromatic heterocycles. The van der Waals surface area contributed by atoms with Crippen LogP contribution >= 0.6 is 11.3 Å². The molecule has 1 N–H and O–H groups in total. The van der Waals surface area contributed by atoms with E-state index in [0.717, 1.165) is 35.9 Å². The smallest absolute Gasteiger partial charge is 0.372 e. The topological polar surface area (TPSA) is 47.0 Å². The summed E-state index contributed by atoms with van der Waals surface area (Å²) in [5, 5.41) is 13.0. The van der Waals surface area contributed by atoms with Gasteiger partial charge >= 0.3 is 6.18 Å². The highest BCUT2D eigenvalue weighted by Crippen LogP contribution is 2.15. The van der Waals surface area contributed by atoms with Crippen molar-refractivity contribution in [3.8, 4) is 0 Å². The van der Waals surface area contributed by atoms with Crippen molar-refractivity contribution in [3.63, 3.8) is 0 Å². The van der Waals surface area contributed by atoms with Gasteiger partial charge < -0.3 is 10.1 Å². The fourth-order valence-electron chi connectivity index (χ4n) is 1.59. The minimum atomic E-state index is -4.27. The molecule has 0 spiro atoms. The number of hydrogen-bond donors (Lipinski definition) is 1. The van der Waals surface area contributed by atoms with Crippen LogP contribution in [0.25, 0.3) is 0 Å². The van der Waals surface area contributed by atoms with Crippen LogP contribution in [-0.2, 0) is 17.6 Å². The Morgan fingerprint density at radius 2 is 1.86 bits per heavy atom. The Morgan fingerprint density at radius 3 is 2.48 bits per heavy atom. The Balaban J connectivity index is 2.12. The second kappa shape index (κ2) is 9.32. The van der Waals surface area contributed by atoms with E-state index in [4.69, 9.17) is 0 Å². The highest BCUT2D eigenvalue weighted by atomic mass is 32.1. The normalized spacial score (nSPS) is 12.3. The van der Waals surface area contributed by atoms with Crippen molar-refractivity contribution in [2.24, 2.45) is 5.92 Å². The Hall–Kier alpha value is -0.730. The van der Waals surface area contributed by atoms with Crippen molar-refractivity contribution in [2.45, 2.75) is 39.3 Å². The van der Waals surface area contributed by atoms with E-state index < -0.39 is 12.8 Å². The number of nitrogens with one attached hydrogen (secondary N) is 1. The van der Waals surface area contributed by atoms with Crippen LogP contribution in [0.5, 0.6) is 0 Å². The molecule has 0 radical (unpaired) electrons. The molecule has 1 rings (SSSR count). The summed E-state index contributed by atoms with van der Waals surface area (Å²) in [6.07, 6.45) is -2.08. The first-order valence-electron chi connectivity index (χ1n) is 7.03. The lowest BCUT2D eigenvalue weighted by atomic mass is 10.2. The maximum atomic E-state index is 11.9. The van der Waals surface area contributed by atoms with Crippen molar-refractivity contribution in [3.05, 3.63) is 10.0 Å². The minimum Gasteiger partial charge on any atom is -0.372 e. The summed E-state index contributed by atoms with van der Waals surface area (Å²) >= 11 is 1.44. The Morgan fingerprint density at radius 1 is 1.19 bits per heavy atom. The molecule has 0 saturated heterocycles. The number of aryl methyl sites for hydroxylation is 1. The van der Waals surface area contributed by atoms with Crippen LogP contribution in [0.1, 0.15) is 30.3 Å². The van der Waals surface area contributed by atoms with E-state index in [-0.39, 0.29) is 6.61 Å². The highest BCUT2D eigenvalue weighted by Gasteiger charge is 2.27. The van der Waals surface area contributed by atoms with Gasteiger partial charge in [-0.25, -0.2) is 0 Å². The summed E-state index contributed by atoms with van der Waals surface area (Å²) in [6.45, 7) is 5.06. The van der Waals surface area contributed by atoms with Crippen molar-refractivity contribution in [1.29, 1.82) is 0 Å². The van der Waals surface area contributed by atoms with Gasteiger partial charge in [-0.1, -0.05) is 13.8 Å². The number of nitrogens with zero attached hydrogens (tertiary/aromatic N) is 2. The molecule has 0 bridgehead atoms. The summed E-state index contributed by atoms with van der Waals surface area (Å²) < 4.78 is 40.2. The Labute approximate surface area is 127 Å². The molecule has 1 heterocycles. The van der Waals surface area contributed by atoms with Gasteiger partial charge in [0.1, 0.15) is 16.6 Å². The second-order valence-electron chi connectivity index (χ2n) is 5.21. The van der Waals surface area contributed by atoms with Gasteiger partial charge in [0.15, 0.2) is 0 Å². The zero-order chi connectivity index (χ0) is 15.7. The molecule has 8 heteroatoms. The Bertz CT molecular complexity index is 396. The third-order valence-electron chi connectivity index (χ3n) is 2.53. The van der Waals surface area contributed by atoms with E-state index in [1.165, 1.54) is 11.3 Å². The number of alkyl halides is 3. The van der Waals surface area contributed by atoms with Crippen LogP contribution in [0.2, 0.25) is 0 Å². The highest BCUT2D eigenvalue weighted by molar-refractivity contribution is 7.11. The van der Waals surface area contributed by atoms with Crippen LogP contribution < -0.4 is 5.32 Å². The van der Waals surface area contributed by atoms with Crippen molar-refractivity contribution >= 4 is 11.3 Å². The summed E-state index contributed by atoms with van der Waals surface area (Å²) in [4.78, 5) is 0. The third kappa shape index (κ3) is 9.76. The third-order valence-corrected chi connectivity index (χ3v) is 3.57.